The van der Waals surface area contributed by atoms with E-state index in [1.165, 1.54) is 6.08 Å². The Bertz CT molecular complexity index is 659. The molecule has 0 bridgehead atoms. The third kappa shape index (κ3) is 18.6. The minimum atomic E-state index is -2.26. The van der Waals surface area contributed by atoms with Crippen LogP contribution in [0.1, 0.15) is 19.3 Å². The van der Waals surface area contributed by atoms with Crippen LogP contribution in [0, 0.1) is 0 Å². The summed E-state index contributed by atoms with van der Waals surface area (Å²) in [7, 11) is -10.4. The fourth-order valence-electron chi connectivity index (χ4n) is 4.36. The van der Waals surface area contributed by atoms with Crippen LogP contribution in [-0.2, 0) is 21.6 Å². The number of nitrogens with zero attached hydrogens (tertiary/aromatic N) is 1. The summed E-state index contributed by atoms with van der Waals surface area (Å²) < 4.78 is 26.3. The summed E-state index contributed by atoms with van der Waals surface area (Å²) in [5.74, 6) is 0.0108. The van der Waals surface area contributed by atoms with Crippen molar-refractivity contribution in [1.82, 2.24) is 4.90 Å². The van der Waals surface area contributed by atoms with Crippen molar-refractivity contribution >= 4 is 56.8 Å². The maximum absolute atomic E-state index is 12.6. The Labute approximate surface area is 231 Å². The quantitative estimate of drug-likeness (QED) is 0.0905. The van der Waals surface area contributed by atoms with Crippen molar-refractivity contribution in [2.24, 2.45) is 0 Å². The summed E-state index contributed by atoms with van der Waals surface area (Å²) in [6, 6.07) is 1.89. The highest BCUT2D eigenvalue weighted by Gasteiger charge is 2.40. The molecule has 0 aromatic rings. The lowest BCUT2D eigenvalue weighted by Gasteiger charge is -2.38. The highest BCUT2D eigenvalue weighted by Crippen LogP contribution is 2.26. The predicted octanol–water partition coefficient (Wildman–Crippen LogP) is 6.91. The van der Waals surface area contributed by atoms with Gasteiger partial charge in [-0.1, -0.05) is 19.7 Å². The second kappa shape index (κ2) is 15.2. The summed E-state index contributed by atoms with van der Waals surface area (Å²) >= 11 is 0. The van der Waals surface area contributed by atoms with Crippen molar-refractivity contribution in [3.05, 3.63) is 12.7 Å². The lowest BCUT2D eigenvalue weighted by Crippen LogP contribution is -2.52. The van der Waals surface area contributed by atoms with E-state index in [-0.39, 0.29) is 5.91 Å². The molecule has 0 aromatic carbocycles. The molecule has 6 nitrogen and oxygen atoms in total. The monoisotopic (exact) mass is 609 g/mol. The van der Waals surface area contributed by atoms with Gasteiger partial charge < -0.3 is 21.7 Å². The molecule has 0 radical (unpaired) electrons. The van der Waals surface area contributed by atoms with Gasteiger partial charge in [-0.15, -0.1) is 0 Å². The number of rotatable bonds is 19. The zero-order valence-electron chi connectivity index (χ0n) is 26.0. The molecule has 0 saturated carbocycles. The standard InChI is InChI=1S/C24H59NO5Si6/c1-15-24(26)25(20-18-22-35(13,27-23-31(2)3)28-32(4,5)6)19-16-17-21-36(14,29-33(7,8)9)30-34(10,11)12/h15,31H,1,16-23H2,2-14H3. The fourth-order valence-corrected chi connectivity index (χ4v) is 26.5. The van der Waals surface area contributed by atoms with Crippen molar-refractivity contribution in [3.63, 3.8) is 0 Å². The van der Waals surface area contributed by atoms with E-state index in [4.69, 9.17) is 16.8 Å². The fraction of sp³-hybridized carbons (Fsp3) is 0.875. The van der Waals surface area contributed by atoms with Crippen LogP contribution in [0.2, 0.25) is 97.2 Å². The summed E-state index contributed by atoms with van der Waals surface area (Å²) in [6.07, 6.45) is 5.16. The SMILES string of the molecule is C=CC(=O)N(CCCC[Si](C)(O[Si](C)(C)C)O[Si](C)(C)C)CCC[Si](C)(OC[SiH](C)C)O[Si](C)(C)C. The molecule has 0 spiro atoms. The van der Waals surface area contributed by atoms with Crippen LogP contribution in [0.5, 0.6) is 0 Å². The number of unbranched alkanes of at least 4 members (excludes halogenated alkanes) is 1. The van der Waals surface area contributed by atoms with Gasteiger partial charge in [0.25, 0.3) is 0 Å². The first kappa shape index (κ1) is 36.4. The minimum Gasteiger partial charge on any atom is -0.437 e. The smallest absolute Gasteiger partial charge is 0.324 e. The van der Waals surface area contributed by atoms with Crippen LogP contribution in [-0.4, -0.2) is 81.0 Å². The first-order chi connectivity index (χ1) is 16.1. The molecule has 0 aliphatic rings. The molecule has 0 aliphatic carbocycles. The number of carbonyl (C=O) groups excluding carboxylic acids is 1. The lowest BCUT2D eigenvalue weighted by molar-refractivity contribution is -0.126. The first-order valence-electron chi connectivity index (χ1n) is 13.7. The van der Waals surface area contributed by atoms with Gasteiger partial charge >= 0.3 is 17.1 Å². The zero-order chi connectivity index (χ0) is 28.4. The molecular weight excluding hydrogens is 551 g/mol. The molecule has 1 amide bonds. The van der Waals surface area contributed by atoms with Gasteiger partial charge in [0.2, 0.25) is 5.91 Å². The Morgan fingerprint density at radius 2 is 1.14 bits per heavy atom. The minimum absolute atomic E-state index is 0.0108. The maximum Gasteiger partial charge on any atom is 0.324 e. The molecule has 1 atom stereocenters. The first-order valence-corrected chi connectivity index (χ1v) is 32.1. The Morgan fingerprint density at radius 1 is 0.722 bits per heavy atom. The molecule has 0 aromatic heterocycles. The van der Waals surface area contributed by atoms with Gasteiger partial charge in [-0.2, -0.15) is 0 Å². The van der Waals surface area contributed by atoms with E-state index < -0.39 is 50.9 Å². The summed E-state index contributed by atoms with van der Waals surface area (Å²) in [4.78, 5) is 14.6. The largest absolute Gasteiger partial charge is 0.437 e. The van der Waals surface area contributed by atoms with Gasteiger partial charge in [0, 0.05) is 19.3 Å². The third-order valence-corrected chi connectivity index (χ3v) is 22.1. The summed E-state index contributed by atoms with van der Waals surface area (Å²) in [5.41, 5.74) is 0. The molecule has 1 unspecified atom stereocenters. The molecule has 0 rings (SSSR count). The molecule has 0 saturated heterocycles. The Morgan fingerprint density at radius 3 is 1.56 bits per heavy atom. The van der Waals surface area contributed by atoms with Gasteiger partial charge in [0.05, 0.1) is 8.80 Å². The van der Waals surface area contributed by atoms with Crippen LogP contribution >= 0.6 is 0 Å². The number of amides is 1. The Hall–Kier alpha value is 0.351. The van der Waals surface area contributed by atoms with E-state index in [2.05, 4.69) is 91.7 Å². The number of hydrogen-bond donors (Lipinski definition) is 0. The van der Waals surface area contributed by atoms with Gasteiger partial charge in [0.1, 0.15) is 0 Å². The second-order valence-corrected chi connectivity index (χ2v) is 37.8. The van der Waals surface area contributed by atoms with Crippen molar-refractivity contribution in [2.75, 3.05) is 19.3 Å². The van der Waals surface area contributed by atoms with E-state index in [1.54, 1.807) is 0 Å². The van der Waals surface area contributed by atoms with Crippen molar-refractivity contribution in [1.29, 1.82) is 0 Å². The second-order valence-electron chi connectivity index (χ2n) is 13.7. The van der Waals surface area contributed by atoms with Gasteiger partial charge in [-0.25, -0.2) is 0 Å². The molecule has 0 heterocycles. The van der Waals surface area contributed by atoms with Crippen LogP contribution in [0.25, 0.3) is 0 Å². The van der Waals surface area contributed by atoms with E-state index in [9.17, 15) is 4.79 Å². The predicted molar refractivity (Wildman–Crippen MR) is 172 cm³/mol. The molecular formula is C24H59NO5Si6. The number of carbonyl (C=O) groups is 1. The average molecular weight is 610 g/mol. The summed E-state index contributed by atoms with van der Waals surface area (Å²) in [6.45, 7) is 34.4. The molecule has 0 fully saturated rings. The Kier molecular flexibility index (Phi) is 15.4. The highest BCUT2D eigenvalue weighted by atomic mass is 28.5. The van der Waals surface area contributed by atoms with Gasteiger partial charge in [0.15, 0.2) is 25.0 Å². The van der Waals surface area contributed by atoms with Gasteiger partial charge in [-0.3, -0.25) is 4.79 Å². The van der Waals surface area contributed by atoms with Crippen molar-refractivity contribution in [2.45, 2.75) is 116 Å². The van der Waals surface area contributed by atoms with Crippen LogP contribution in [0.3, 0.4) is 0 Å². The maximum atomic E-state index is 12.6. The van der Waals surface area contributed by atoms with Crippen molar-refractivity contribution in [3.8, 4) is 0 Å². The average Bonchev–Trinajstić information content (AvgIpc) is 2.63. The Balaban J connectivity index is 5.07. The normalized spacial score (nSPS) is 15.2. The summed E-state index contributed by atoms with van der Waals surface area (Å²) in [5, 5.41) is 0. The van der Waals surface area contributed by atoms with Crippen LogP contribution < -0.4 is 0 Å². The molecule has 0 N–H and O–H groups in total. The zero-order valence-corrected chi connectivity index (χ0v) is 32.2. The van der Waals surface area contributed by atoms with Gasteiger partial charge in [-0.05, 0) is 109 Å². The molecule has 0 aliphatic heterocycles. The van der Waals surface area contributed by atoms with Crippen molar-refractivity contribution < 1.29 is 21.6 Å². The topological polar surface area (TPSA) is 57.2 Å². The van der Waals surface area contributed by atoms with E-state index in [1.807, 2.05) is 4.90 Å². The highest BCUT2D eigenvalue weighted by molar-refractivity contribution is 6.87. The van der Waals surface area contributed by atoms with E-state index in [0.717, 1.165) is 50.7 Å². The molecule has 36 heavy (non-hydrogen) atoms. The van der Waals surface area contributed by atoms with E-state index in [0.29, 0.717) is 0 Å². The van der Waals surface area contributed by atoms with Crippen LogP contribution in [0.15, 0.2) is 12.7 Å². The third-order valence-electron chi connectivity index (χ3n) is 5.14. The number of hydrogen-bond acceptors (Lipinski definition) is 5. The van der Waals surface area contributed by atoms with E-state index >= 15 is 0 Å². The molecule has 12 heteroatoms. The lowest BCUT2D eigenvalue weighted by atomic mass is 10.3. The van der Waals surface area contributed by atoms with Crippen LogP contribution in [0.4, 0.5) is 0 Å². The molecule has 214 valence electrons.